The number of benzene rings is 5. The Hall–Kier alpha value is -5.10. The SMILES string of the molecule is O=C(O)C(C=Cc1ccc(-c2ccc(-c3cccc4c3oc3ccccc34)cc2)cc1)Cc1cccc(C(F)(F)F)c1. The van der Waals surface area contributed by atoms with E-state index >= 15 is 0 Å². The number of carboxylic acids is 1. The summed E-state index contributed by atoms with van der Waals surface area (Å²) < 4.78 is 45.3. The number of fused-ring (bicyclic) bond motifs is 3. The lowest BCUT2D eigenvalue weighted by atomic mass is 9.96. The zero-order valence-corrected chi connectivity index (χ0v) is 22.3. The van der Waals surface area contributed by atoms with E-state index in [1.54, 1.807) is 6.08 Å². The van der Waals surface area contributed by atoms with Crippen molar-refractivity contribution in [2.24, 2.45) is 5.92 Å². The molecular weight excluding hydrogens is 537 g/mol. The minimum atomic E-state index is -4.48. The molecule has 1 aromatic heterocycles. The third-order valence-electron chi connectivity index (χ3n) is 7.39. The summed E-state index contributed by atoms with van der Waals surface area (Å²) in [6.45, 7) is 0. The molecule has 0 radical (unpaired) electrons. The number of furan rings is 1. The molecular formula is C36H25F3O3. The van der Waals surface area contributed by atoms with Crippen LogP contribution in [0.4, 0.5) is 13.2 Å². The van der Waals surface area contributed by atoms with Crippen LogP contribution in [0.2, 0.25) is 0 Å². The summed E-state index contributed by atoms with van der Waals surface area (Å²) in [5, 5.41) is 11.8. The van der Waals surface area contributed by atoms with Crippen molar-refractivity contribution >= 4 is 34.0 Å². The summed E-state index contributed by atoms with van der Waals surface area (Å²) in [5.41, 5.74) is 6.13. The first-order valence-corrected chi connectivity index (χ1v) is 13.4. The molecule has 0 aliphatic heterocycles. The monoisotopic (exact) mass is 562 g/mol. The number of hydrogen-bond acceptors (Lipinski definition) is 2. The van der Waals surface area contributed by atoms with Crippen molar-refractivity contribution in [3.8, 4) is 22.3 Å². The van der Waals surface area contributed by atoms with Crippen LogP contribution in [0.3, 0.4) is 0 Å². The predicted molar refractivity (Wildman–Crippen MR) is 160 cm³/mol. The Labute approximate surface area is 240 Å². The van der Waals surface area contributed by atoms with Crippen molar-refractivity contribution in [3.05, 3.63) is 138 Å². The molecule has 1 unspecified atom stereocenters. The number of para-hydroxylation sites is 2. The summed E-state index contributed by atoms with van der Waals surface area (Å²) in [6, 6.07) is 34.9. The van der Waals surface area contributed by atoms with Crippen LogP contribution in [0.15, 0.2) is 126 Å². The average Bonchev–Trinajstić information content (AvgIpc) is 3.38. The first-order valence-electron chi connectivity index (χ1n) is 13.4. The van der Waals surface area contributed by atoms with Gasteiger partial charge in [0.15, 0.2) is 0 Å². The van der Waals surface area contributed by atoms with E-state index < -0.39 is 23.6 Å². The van der Waals surface area contributed by atoms with Gasteiger partial charge in [0, 0.05) is 16.3 Å². The standard InChI is InChI=1S/C36H25F3O3/c37-36(38,39)29-6-3-5-24(22-29)21-28(35(40)41)16-13-23-11-14-25(15-12-23)26-17-19-27(20-18-26)30-8-4-9-32-31-7-1-2-10-33(31)42-34(30)32/h1-20,22,28H,21H2,(H,40,41). The number of rotatable bonds is 7. The lowest BCUT2D eigenvalue weighted by Crippen LogP contribution is -2.14. The van der Waals surface area contributed by atoms with Crippen molar-refractivity contribution in [1.82, 2.24) is 0 Å². The predicted octanol–water partition coefficient (Wildman–Crippen LogP) is 9.90. The minimum absolute atomic E-state index is 0.0397. The van der Waals surface area contributed by atoms with Gasteiger partial charge in [-0.25, -0.2) is 0 Å². The zero-order valence-electron chi connectivity index (χ0n) is 22.3. The van der Waals surface area contributed by atoms with Gasteiger partial charge in [0.2, 0.25) is 0 Å². The van der Waals surface area contributed by atoms with Crippen LogP contribution < -0.4 is 0 Å². The van der Waals surface area contributed by atoms with Crippen LogP contribution in [-0.4, -0.2) is 11.1 Å². The zero-order chi connectivity index (χ0) is 29.3. The Balaban J connectivity index is 1.18. The van der Waals surface area contributed by atoms with Crippen LogP contribution >= 0.6 is 0 Å². The van der Waals surface area contributed by atoms with Gasteiger partial charge in [-0.3, -0.25) is 4.79 Å². The van der Waals surface area contributed by atoms with E-state index in [1.807, 2.05) is 48.5 Å². The molecule has 6 heteroatoms. The van der Waals surface area contributed by atoms with Gasteiger partial charge < -0.3 is 9.52 Å². The molecule has 1 atom stereocenters. The number of hydrogen-bond donors (Lipinski definition) is 1. The Kier molecular flexibility index (Phi) is 7.13. The van der Waals surface area contributed by atoms with Gasteiger partial charge in [-0.1, -0.05) is 115 Å². The Morgan fingerprint density at radius 2 is 1.40 bits per heavy atom. The highest BCUT2D eigenvalue weighted by Crippen LogP contribution is 2.36. The van der Waals surface area contributed by atoms with Gasteiger partial charge in [0.05, 0.1) is 11.5 Å². The average molecular weight is 563 g/mol. The van der Waals surface area contributed by atoms with Crippen LogP contribution in [0.25, 0.3) is 50.3 Å². The van der Waals surface area contributed by atoms with Crippen LogP contribution in [0.1, 0.15) is 16.7 Å². The van der Waals surface area contributed by atoms with E-state index in [0.29, 0.717) is 5.56 Å². The second kappa shape index (κ2) is 11.1. The maximum absolute atomic E-state index is 13.0. The molecule has 0 spiro atoms. The van der Waals surface area contributed by atoms with E-state index in [1.165, 1.54) is 18.2 Å². The molecule has 0 saturated carbocycles. The van der Waals surface area contributed by atoms with Crippen molar-refractivity contribution in [2.75, 3.05) is 0 Å². The Morgan fingerprint density at radius 1 is 0.762 bits per heavy atom. The second-order valence-electron chi connectivity index (χ2n) is 10.2. The molecule has 0 fully saturated rings. The summed E-state index contributed by atoms with van der Waals surface area (Å²) in [6.07, 6.45) is -1.31. The molecule has 0 aliphatic rings. The number of carboxylic acid groups (broad SMARTS) is 1. The van der Waals surface area contributed by atoms with Gasteiger partial charge in [0.1, 0.15) is 11.2 Å². The van der Waals surface area contributed by atoms with Gasteiger partial charge in [-0.2, -0.15) is 13.2 Å². The molecule has 0 saturated heterocycles. The van der Waals surface area contributed by atoms with Gasteiger partial charge in [-0.15, -0.1) is 0 Å². The third-order valence-corrected chi connectivity index (χ3v) is 7.39. The Morgan fingerprint density at radius 3 is 2.12 bits per heavy atom. The van der Waals surface area contributed by atoms with Crippen molar-refractivity contribution in [1.29, 1.82) is 0 Å². The van der Waals surface area contributed by atoms with Crippen molar-refractivity contribution < 1.29 is 27.5 Å². The number of alkyl halides is 3. The highest BCUT2D eigenvalue weighted by molar-refractivity contribution is 6.09. The molecule has 1 N–H and O–H groups in total. The van der Waals surface area contributed by atoms with E-state index in [2.05, 4.69) is 42.5 Å². The van der Waals surface area contributed by atoms with Crippen LogP contribution in [0.5, 0.6) is 0 Å². The molecule has 0 bridgehead atoms. The largest absolute Gasteiger partial charge is 0.481 e. The summed E-state index contributed by atoms with van der Waals surface area (Å²) in [7, 11) is 0. The van der Waals surface area contributed by atoms with Gasteiger partial charge >= 0.3 is 12.1 Å². The molecule has 42 heavy (non-hydrogen) atoms. The molecule has 1 heterocycles. The minimum Gasteiger partial charge on any atom is -0.481 e. The molecule has 208 valence electrons. The quantitative estimate of drug-likeness (QED) is 0.211. The van der Waals surface area contributed by atoms with Gasteiger partial charge in [0.25, 0.3) is 0 Å². The van der Waals surface area contributed by atoms with Crippen molar-refractivity contribution in [3.63, 3.8) is 0 Å². The van der Waals surface area contributed by atoms with E-state index in [9.17, 15) is 23.1 Å². The summed E-state index contributed by atoms with van der Waals surface area (Å²) >= 11 is 0. The molecule has 0 aliphatic carbocycles. The second-order valence-corrected chi connectivity index (χ2v) is 10.2. The van der Waals surface area contributed by atoms with E-state index in [4.69, 9.17) is 4.42 Å². The highest BCUT2D eigenvalue weighted by Gasteiger charge is 2.30. The molecule has 6 aromatic rings. The highest BCUT2D eigenvalue weighted by atomic mass is 19.4. The summed E-state index contributed by atoms with van der Waals surface area (Å²) in [4.78, 5) is 11.8. The number of aliphatic carboxylic acids is 1. The Bertz CT molecular complexity index is 1910. The third kappa shape index (κ3) is 5.56. The number of carbonyl (C=O) groups is 1. The number of halogens is 3. The smallest absolute Gasteiger partial charge is 0.416 e. The molecule has 6 rings (SSSR count). The van der Waals surface area contributed by atoms with Crippen LogP contribution in [0, 0.1) is 5.92 Å². The fraction of sp³-hybridized carbons (Fsp3) is 0.0833. The maximum atomic E-state index is 13.0. The normalized spacial score (nSPS) is 12.7. The first kappa shape index (κ1) is 27.1. The topological polar surface area (TPSA) is 50.4 Å². The van der Waals surface area contributed by atoms with Crippen LogP contribution in [-0.2, 0) is 17.4 Å². The van der Waals surface area contributed by atoms with Crippen molar-refractivity contribution in [2.45, 2.75) is 12.6 Å². The van der Waals surface area contributed by atoms with E-state index in [-0.39, 0.29) is 6.42 Å². The fourth-order valence-electron chi connectivity index (χ4n) is 5.20. The fourth-order valence-corrected chi connectivity index (χ4v) is 5.20. The lowest BCUT2D eigenvalue weighted by molar-refractivity contribution is -0.140. The molecule has 0 amide bonds. The summed E-state index contributed by atoms with van der Waals surface area (Å²) in [5.74, 6) is -2.06. The molecule has 5 aromatic carbocycles. The maximum Gasteiger partial charge on any atom is 0.416 e. The first-order chi connectivity index (χ1) is 20.3. The lowest BCUT2D eigenvalue weighted by Gasteiger charge is -2.11. The van der Waals surface area contributed by atoms with E-state index in [0.717, 1.165) is 61.9 Å². The van der Waals surface area contributed by atoms with Gasteiger partial charge in [-0.05, 0) is 46.4 Å². The molecule has 3 nitrogen and oxygen atoms in total.